The van der Waals surface area contributed by atoms with E-state index < -0.39 is 6.10 Å². The zero-order chi connectivity index (χ0) is 38.0. The van der Waals surface area contributed by atoms with E-state index in [1.54, 1.807) is 0 Å². The van der Waals surface area contributed by atoms with Gasteiger partial charge < -0.3 is 14.2 Å². The molecule has 0 radical (unpaired) electrons. The van der Waals surface area contributed by atoms with Crippen LogP contribution in [0.25, 0.3) is 0 Å². The molecule has 0 rings (SSSR count). The average Bonchev–Trinajstić information content (AvgIpc) is 3.14. The summed E-state index contributed by atoms with van der Waals surface area (Å²) in [5.74, 6) is -0.882. The van der Waals surface area contributed by atoms with Crippen molar-refractivity contribution in [1.29, 1.82) is 0 Å². The van der Waals surface area contributed by atoms with E-state index in [4.69, 9.17) is 14.2 Å². The number of unbranched alkanes of at least 4 members (excludes halogenated alkanes) is 28. The summed E-state index contributed by atoms with van der Waals surface area (Å²) in [6.45, 7) is 6.54. The molecule has 1 atom stereocenters. The zero-order valence-electron chi connectivity index (χ0n) is 34.8. The lowest BCUT2D eigenvalue weighted by Gasteiger charge is -2.18. The third kappa shape index (κ3) is 39.4. The summed E-state index contributed by atoms with van der Waals surface area (Å²) in [6, 6.07) is 0. The van der Waals surface area contributed by atoms with Crippen LogP contribution in [-0.2, 0) is 28.6 Å². The smallest absolute Gasteiger partial charge is 0.306 e. The van der Waals surface area contributed by atoms with Crippen molar-refractivity contribution in [3.63, 3.8) is 0 Å². The van der Waals surface area contributed by atoms with Crippen LogP contribution in [0.1, 0.15) is 245 Å². The van der Waals surface area contributed by atoms with E-state index >= 15 is 0 Å². The first-order valence-corrected chi connectivity index (χ1v) is 22.7. The van der Waals surface area contributed by atoms with Gasteiger partial charge in [0.15, 0.2) is 6.10 Å². The van der Waals surface area contributed by atoms with E-state index in [1.165, 1.54) is 148 Å². The fraction of sp³-hybridized carbons (Fsp3) is 0.891. The van der Waals surface area contributed by atoms with E-state index in [2.05, 4.69) is 32.9 Å². The van der Waals surface area contributed by atoms with Crippen molar-refractivity contribution in [3.05, 3.63) is 12.2 Å². The number of allylic oxidation sites excluding steroid dienone is 2. The molecule has 0 heterocycles. The largest absolute Gasteiger partial charge is 0.462 e. The van der Waals surface area contributed by atoms with Gasteiger partial charge in [-0.3, -0.25) is 14.4 Å². The first-order valence-electron chi connectivity index (χ1n) is 22.7. The van der Waals surface area contributed by atoms with Crippen LogP contribution in [0.4, 0.5) is 0 Å². The van der Waals surface area contributed by atoms with E-state index in [-0.39, 0.29) is 31.1 Å². The normalized spacial score (nSPS) is 12.0. The second-order valence-corrected chi connectivity index (χ2v) is 15.3. The first kappa shape index (κ1) is 50.1. The van der Waals surface area contributed by atoms with Crippen LogP contribution in [0.15, 0.2) is 12.2 Å². The molecule has 0 amide bonds. The number of carbonyl (C=O) groups excluding carboxylic acids is 3. The summed E-state index contributed by atoms with van der Waals surface area (Å²) >= 11 is 0. The predicted molar refractivity (Wildman–Crippen MR) is 220 cm³/mol. The van der Waals surface area contributed by atoms with Crippen LogP contribution in [-0.4, -0.2) is 37.2 Å². The number of hydrogen-bond acceptors (Lipinski definition) is 6. The lowest BCUT2D eigenvalue weighted by molar-refractivity contribution is -0.167. The molecule has 306 valence electrons. The Morgan fingerprint density at radius 3 is 0.962 bits per heavy atom. The highest BCUT2D eigenvalue weighted by Gasteiger charge is 2.19. The number of esters is 3. The Labute approximate surface area is 322 Å². The van der Waals surface area contributed by atoms with E-state index in [0.717, 1.165) is 57.8 Å². The third-order valence-electron chi connectivity index (χ3n) is 10.0. The molecule has 0 aliphatic rings. The molecular weight excluding hydrogens is 649 g/mol. The van der Waals surface area contributed by atoms with Gasteiger partial charge in [0.1, 0.15) is 13.2 Å². The molecule has 0 aromatic carbocycles. The Bertz CT molecular complexity index is 809. The molecule has 0 bridgehead atoms. The van der Waals surface area contributed by atoms with Crippen molar-refractivity contribution < 1.29 is 28.6 Å². The van der Waals surface area contributed by atoms with Crippen LogP contribution in [0.5, 0.6) is 0 Å². The summed E-state index contributed by atoms with van der Waals surface area (Å²) in [6.07, 6.45) is 43.8. The second-order valence-electron chi connectivity index (χ2n) is 15.3. The van der Waals surface area contributed by atoms with Crippen LogP contribution in [0, 0.1) is 0 Å². The van der Waals surface area contributed by atoms with Crippen molar-refractivity contribution in [1.82, 2.24) is 0 Å². The lowest BCUT2D eigenvalue weighted by atomic mass is 10.1. The van der Waals surface area contributed by atoms with Gasteiger partial charge in [0.2, 0.25) is 0 Å². The van der Waals surface area contributed by atoms with Crippen molar-refractivity contribution >= 4 is 17.9 Å². The highest BCUT2D eigenvalue weighted by atomic mass is 16.6. The minimum atomic E-state index is -0.759. The van der Waals surface area contributed by atoms with Gasteiger partial charge in [-0.15, -0.1) is 0 Å². The Morgan fingerprint density at radius 2 is 0.635 bits per heavy atom. The maximum Gasteiger partial charge on any atom is 0.306 e. The van der Waals surface area contributed by atoms with Crippen LogP contribution >= 0.6 is 0 Å². The zero-order valence-corrected chi connectivity index (χ0v) is 34.8. The molecule has 0 aromatic heterocycles. The standard InChI is InChI=1S/C46H86O6/c1-4-7-10-13-16-17-18-19-20-21-22-23-24-25-26-27-28-29-31-33-36-39-45(48)51-42-43(41-50-44(47)38-35-32-15-12-9-6-3)52-46(49)40-37-34-30-14-11-8-5-2/h21-22,43H,4-20,23-42H2,1-3H3/b22-21-. The van der Waals surface area contributed by atoms with Gasteiger partial charge in [0, 0.05) is 19.3 Å². The molecule has 6 heteroatoms. The van der Waals surface area contributed by atoms with Gasteiger partial charge in [-0.25, -0.2) is 0 Å². The van der Waals surface area contributed by atoms with Crippen LogP contribution in [0.3, 0.4) is 0 Å². The summed E-state index contributed by atoms with van der Waals surface area (Å²) in [7, 11) is 0. The highest BCUT2D eigenvalue weighted by molar-refractivity contribution is 5.71. The Kier molecular flexibility index (Phi) is 40.4. The minimum absolute atomic E-state index is 0.0685. The number of hydrogen-bond donors (Lipinski definition) is 0. The summed E-state index contributed by atoms with van der Waals surface area (Å²) in [5.41, 5.74) is 0. The fourth-order valence-electron chi connectivity index (χ4n) is 6.55. The maximum absolute atomic E-state index is 12.5. The maximum atomic E-state index is 12.5. The predicted octanol–water partition coefficient (Wildman–Crippen LogP) is 14.3. The van der Waals surface area contributed by atoms with Gasteiger partial charge >= 0.3 is 17.9 Å². The van der Waals surface area contributed by atoms with Gasteiger partial charge in [0.25, 0.3) is 0 Å². The SMILES string of the molecule is CCCCCCCCCC/C=C\CCCCCCCCCCCC(=O)OCC(COC(=O)CCCCCCCC)OC(=O)CCCCCCCCC. The lowest BCUT2D eigenvalue weighted by Crippen LogP contribution is -2.30. The fourth-order valence-corrected chi connectivity index (χ4v) is 6.55. The van der Waals surface area contributed by atoms with Gasteiger partial charge in [-0.1, -0.05) is 193 Å². The van der Waals surface area contributed by atoms with E-state index in [1.807, 2.05) is 0 Å². The molecule has 1 unspecified atom stereocenters. The molecule has 0 spiro atoms. The summed E-state index contributed by atoms with van der Waals surface area (Å²) < 4.78 is 16.5. The first-order chi connectivity index (χ1) is 25.5. The summed E-state index contributed by atoms with van der Waals surface area (Å²) in [5, 5.41) is 0. The minimum Gasteiger partial charge on any atom is -0.462 e. The Hall–Kier alpha value is -1.85. The molecule has 0 saturated heterocycles. The third-order valence-corrected chi connectivity index (χ3v) is 10.0. The summed E-state index contributed by atoms with van der Waals surface area (Å²) in [4.78, 5) is 37.3. The topological polar surface area (TPSA) is 78.9 Å². The van der Waals surface area contributed by atoms with Gasteiger partial charge in [0.05, 0.1) is 0 Å². The molecule has 0 aliphatic heterocycles. The van der Waals surface area contributed by atoms with E-state index in [9.17, 15) is 14.4 Å². The van der Waals surface area contributed by atoms with Crippen LogP contribution < -0.4 is 0 Å². The number of ether oxygens (including phenoxy) is 3. The average molecular weight is 735 g/mol. The number of rotatable bonds is 41. The number of carbonyl (C=O) groups is 3. The molecule has 0 aliphatic carbocycles. The highest BCUT2D eigenvalue weighted by Crippen LogP contribution is 2.15. The van der Waals surface area contributed by atoms with Crippen molar-refractivity contribution in [3.8, 4) is 0 Å². The van der Waals surface area contributed by atoms with Crippen molar-refractivity contribution in [2.24, 2.45) is 0 Å². The molecule has 0 saturated carbocycles. The quantitative estimate of drug-likeness (QED) is 0.0269. The molecule has 0 fully saturated rings. The van der Waals surface area contributed by atoms with Crippen molar-refractivity contribution in [2.45, 2.75) is 252 Å². The monoisotopic (exact) mass is 735 g/mol. The van der Waals surface area contributed by atoms with E-state index in [0.29, 0.717) is 19.3 Å². The molecule has 6 nitrogen and oxygen atoms in total. The Morgan fingerprint density at radius 1 is 0.365 bits per heavy atom. The molecule has 0 N–H and O–H groups in total. The Balaban J connectivity index is 4.05. The second kappa shape index (κ2) is 41.9. The van der Waals surface area contributed by atoms with Gasteiger partial charge in [-0.05, 0) is 44.9 Å². The molecule has 0 aromatic rings. The molecule has 52 heavy (non-hydrogen) atoms. The van der Waals surface area contributed by atoms with Gasteiger partial charge in [-0.2, -0.15) is 0 Å². The molecular formula is C46H86O6. The van der Waals surface area contributed by atoms with Crippen molar-refractivity contribution in [2.75, 3.05) is 13.2 Å². The van der Waals surface area contributed by atoms with Crippen LogP contribution in [0.2, 0.25) is 0 Å².